The van der Waals surface area contributed by atoms with Crippen LogP contribution in [0.15, 0.2) is 18.2 Å². The third kappa shape index (κ3) is 2.43. The van der Waals surface area contributed by atoms with E-state index in [1.165, 1.54) is 4.90 Å². The van der Waals surface area contributed by atoms with Gasteiger partial charge >= 0.3 is 0 Å². The average molecular weight is 250 g/mol. The smallest absolute Gasteiger partial charge is 0.236 e. The maximum Gasteiger partial charge on any atom is 0.236 e. The molecule has 1 heterocycles. The summed E-state index contributed by atoms with van der Waals surface area (Å²) in [5.74, 6) is 0.730. The maximum absolute atomic E-state index is 11.9. The van der Waals surface area contributed by atoms with Crippen LogP contribution in [0, 0.1) is 0 Å². The van der Waals surface area contributed by atoms with Crippen LogP contribution in [0.1, 0.15) is 10.4 Å². The van der Waals surface area contributed by atoms with Crippen molar-refractivity contribution in [1.29, 1.82) is 0 Å². The molecule has 0 spiro atoms. The lowest BCUT2D eigenvalue weighted by molar-refractivity contribution is -0.127. The van der Waals surface area contributed by atoms with Crippen molar-refractivity contribution >= 4 is 11.7 Å². The second-order valence-electron chi connectivity index (χ2n) is 3.95. The zero-order chi connectivity index (χ0) is 13.1. The number of Topliss-reactive ketones (excluding diaryl/α,β-unsaturated/α-hetero) is 1. The van der Waals surface area contributed by atoms with Crippen LogP contribution < -0.4 is 15.2 Å². The number of benzene rings is 1. The Balaban J connectivity index is 2.07. The molecule has 0 bridgehead atoms. The van der Waals surface area contributed by atoms with Crippen LogP contribution in [0.2, 0.25) is 0 Å². The summed E-state index contributed by atoms with van der Waals surface area (Å²) in [4.78, 5) is 24.5. The highest BCUT2D eigenvalue weighted by Gasteiger charge is 2.18. The van der Waals surface area contributed by atoms with Gasteiger partial charge in [0.05, 0.1) is 13.1 Å². The van der Waals surface area contributed by atoms with Gasteiger partial charge in [0.2, 0.25) is 12.7 Å². The van der Waals surface area contributed by atoms with E-state index >= 15 is 0 Å². The molecule has 0 saturated carbocycles. The SMILES string of the molecule is CN(CC(=O)c1ccc2c(c1)OCO2)C(=O)CN. The summed E-state index contributed by atoms with van der Waals surface area (Å²) < 4.78 is 10.3. The van der Waals surface area contributed by atoms with Crippen LogP contribution in [0.3, 0.4) is 0 Å². The summed E-state index contributed by atoms with van der Waals surface area (Å²) in [6.07, 6.45) is 0. The molecule has 1 aromatic carbocycles. The lowest BCUT2D eigenvalue weighted by Crippen LogP contribution is -2.36. The van der Waals surface area contributed by atoms with Gasteiger partial charge in [0, 0.05) is 12.6 Å². The fourth-order valence-electron chi connectivity index (χ4n) is 1.62. The first-order valence-corrected chi connectivity index (χ1v) is 5.48. The van der Waals surface area contributed by atoms with E-state index in [1.807, 2.05) is 0 Å². The number of hydrogen-bond acceptors (Lipinski definition) is 5. The molecular weight excluding hydrogens is 236 g/mol. The summed E-state index contributed by atoms with van der Waals surface area (Å²) >= 11 is 0. The van der Waals surface area contributed by atoms with E-state index in [9.17, 15) is 9.59 Å². The minimum Gasteiger partial charge on any atom is -0.454 e. The van der Waals surface area contributed by atoms with Gasteiger partial charge < -0.3 is 20.1 Å². The molecule has 0 unspecified atom stereocenters. The normalized spacial score (nSPS) is 12.3. The predicted molar refractivity (Wildman–Crippen MR) is 63.6 cm³/mol. The number of amides is 1. The van der Waals surface area contributed by atoms with Crippen molar-refractivity contribution in [2.24, 2.45) is 5.73 Å². The molecule has 2 rings (SSSR count). The summed E-state index contributed by atoms with van der Waals surface area (Å²) in [7, 11) is 1.54. The third-order valence-electron chi connectivity index (χ3n) is 2.68. The Morgan fingerprint density at radius 1 is 1.33 bits per heavy atom. The van der Waals surface area contributed by atoms with Crippen LogP contribution in [0.5, 0.6) is 11.5 Å². The molecule has 1 aliphatic rings. The van der Waals surface area contributed by atoms with Crippen molar-refractivity contribution in [3.63, 3.8) is 0 Å². The lowest BCUT2D eigenvalue weighted by Gasteiger charge is -2.15. The van der Waals surface area contributed by atoms with Gasteiger partial charge in [0.25, 0.3) is 0 Å². The number of ketones is 1. The van der Waals surface area contributed by atoms with Crippen LogP contribution in [-0.2, 0) is 4.79 Å². The highest BCUT2D eigenvalue weighted by atomic mass is 16.7. The van der Waals surface area contributed by atoms with Crippen LogP contribution >= 0.6 is 0 Å². The molecule has 18 heavy (non-hydrogen) atoms. The van der Waals surface area contributed by atoms with E-state index in [-0.39, 0.29) is 31.6 Å². The molecule has 1 amide bonds. The summed E-state index contributed by atoms with van der Waals surface area (Å²) in [6.45, 7) is 0.0547. The quantitative estimate of drug-likeness (QED) is 0.761. The van der Waals surface area contributed by atoms with Crippen molar-refractivity contribution in [2.45, 2.75) is 0 Å². The third-order valence-corrected chi connectivity index (χ3v) is 2.68. The van der Waals surface area contributed by atoms with Crippen molar-refractivity contribution in [3.8, 4) is 11.5 Å². The molecule has 0 radical (unpaired) electrons. The molecule has 6 nitrogen and oxygen atoms in total. The number of hydrogen-bond donors (Lipinski definition) is 1. The Morgan fingerprint density at radius 3 is 2.78 bits per heavy atom. The molecule has 6 heteroatoms. The number of nitrogens with zero attached hydrogens (tertiary/aromatic N) is 1. The van der Waals surface area contributed by atoms with Crippen molar-refractivity contribution < 1.29 is 19.1 Å². The van der Waals surface area contributed by atoms with Crippen LogP contribution in [0.25, 0.3) is 0 Å². The van der Waals surface area contributed by atoms with E-state index in [0.717, 1.165) is 0 Å². The molecular formula is C12H14N2O4. The molecule has 0 aromatic heterocycles. The number of carbonyl (C=O) groups is 2. The summed E-state index contributed by atoms with van der Waals surface area (Å²) in [6, 6.07) is 4.95. The van der Waals surface area contributed by atoms with Gasteiger partial charge in [-0.2, -0.15) is 0 Å². The fourth-order valence-corrected chi connectivity index (χ4v) is 1.62. The molecule has 1 aliphatic heterocycles. The monoisotopic (exact) mass is 250 g/mol. The topological polar surface area (TPSA) is 81.9 Å². The molecule has 1 aromatic rings. The Hall–Kier alpha value is -2.08. The molecule has 2 N–H and O–H groups in total. The minimum atomic E-state index is -0.274. The van der Waals surface area contributed by atoms with E-state index < -0.39 is 0 Å². The molecule has 96 valence electrons. The van der Waals surface area contributed by atoms with E-state index in [2.05, 4.69) is 0 Å². The first kappa shape index (κ1) is 12.4. The summed E-state index contributed by atoms with van der Waals surface area (Å²) in [5, 5.41) is 0. The zero-order valence-electron chi connectivity index (χ0n) is 10.0. The Morgan fingerprint density at radius 2 is 2.06 bits per heavy atom. The Kier molecular flexibility index (Phi) is 3.47. The molecule has 0 saturated heterocycles. The fraction of sp³-hybridized carbons (Fsp3) is 0.333. The number of likely N-dealkylation sites (N-methyl/N-ethyl adjacent to an activating group) is 1. The van der Waals surface area contributed by atoms with Gasteiger partial charge in [-0.15, -0.1) is 0 Å². The Bertz CT molecular complexity index is 487. The Labute approximate surface area is 104 Å². The van der Waals surface area contributed by atoms with E-state index in [0.29, 0.717) is 17.1 Å². The number of carbonyl (C=O) groups excluding carboxylic acids is 2. The van der Waals surface area contributed by atoms with Gasteiger partial charge in [-0.25, -0.2) is 0 Å². The highest BCUT2D eigenvalue weighted by Crippen LogP contribution is 2.32. The predicted octanol–water partition coefficient (Wildman–Crippen LogP) is 0.0151. The first-order valence-electron chi connectivity index (χ1n) is 5.48. The molecule has 0 atom stereocenters. The number of ether oxygens (including phenoxy) is 2. The first-order chi connectivity index (χ1) is 8.61. The van der Waals surface area contributed by atoms with Gasteiger partial charge in [-0.1, -0.05) is 0 Å². The van der Waals surface area contributed by atoms with Gasteiger partial charge in [-0.3, -0.25) is 9.59 Å². The van der Waals surface area contributed by atoms with Gasteiger partial charge in [0.1, 0.15) is 0 Å². The van der Waals surface area contributed by atoms with E-state index in [4.69, 9.17) is 15.2 Å². The van der Waals surface area contributed by atoms with Crippen LogP contribution in [-0.4, -0.2) is 43.5 Å². The molecule has 0 aliphatic carbocycles. The van der Waals surface area contributed by atoms with E-state index in [1.54, 1.807) is 25.2 Å². The van der Waals surface area contributed by atoms with Crippen molar-refractivity contribution in [2.75, 3.05) is 26.9 Å². The second kappa shape index (κ2) is 5.05. The number of rotatable bonds is 4. The average Bonchev–Trinajstić information content (AvgIpc) is 2.84. The standard InChI is InChI=1S/C12H14N2O4/c1-14(12(16)5-13)6-9(15)8-2-3-10-11(4-8)18-7-17-10/h2-4H,5-7,13H2,1H3. The lowest BCUT2D eigenvalue weighted by atomic mass is 10.1. The maximum atomic E-state index is 11.9. The zero-order valence-corrected chi connectivity index (χ0v) is 10.0. The second-order valence-corrected chi connectivity index (χ2v) is 3.95. The van der Waals surface area contributed by atoms with Gasteiger partial charge in [-0.05, 0) is 18.2 Å². The van der Waals surface area contributed by atoms with Crippen LogP contribution in [0.4, 0.5) is 0 Å². The minimum absolute atomic E-state index is 0.00429. The van der Waals surface area contributed by atoms with Crippen molar-refractivity contribution in [3.05, 3.63) is 23.8 Å². The largest absolute Gasteiger partial charge is 0.454 e. The summed E-state index contributed by atoms with van der Waals surface area (Å²) in [5.41, 5.74) is 5.70. The van der Waals surface area contributed by atoms with Crippen molar-refractivity contribution in [1.82, 2.24) is 4.90 Å². The van der Waals surface area contributed by atoms with Gasteiger partial charge in [0.15, 0.2) is 17.3 Å². The number of nitrogens with two attached hydrogens (primary N) is 1. The number of fused-ring (bicyclic) bond motifs is 1. The highest BCUT2D eigenvalue weighted by molar-refractivity contribution is 6.00. The molecule has 0 fully saturated rings.